The number of hydrogen-bond acceptors (Lipinski definition) is 4. The topological polar surface area (TPSA) is 72.9 Å². The van der Waals surface area contributed by atoms with E-state index >= 15 is 0 Å². The van der Waals surface area contributed by atoms with Crippen LogP contribution in [0.4, 0.5) is 5.82 Å². The molecule has 0 radical (unpaired) electrons. The van der Waals surface area contributed by atoms with E-state index in [2.05, 4.69) is 38.4 Å². The van der Waals surface area contributed by atoms with Gasteiger partial charge in [0, 0.05) is 51.0 Å². The maximum absolute atomic E-state index is 11.9. The molecular weight excluding hydrogens is 491 g/mol. The Hall–Kier alpha value is -2.36. The molecule has 1 saturated heterocycles. The second-order valence-corrected chi connectivity index (χ2v) is 6.89. The monoisotopic (exact) mass is 522 g/mol. The van der Waals surface area contributed by atoms with Crippen LogP contribution < -0.4 is 15.5 Å². The number of amides is 1. The summed E-state index contributed by atoms with van der Waals surface area (Å²) in [6.07, 6.45) is 1.84. The van der Waals surface area contributed by atoms with Crippen LogP contribution in [0.5, 0.6) is 0 Å². The molecule has 3 rings (SSSR count). The Morgan fingerprint density at radius 1 is 1.00 bits per heavy atom. The fourth-order valence-electron chi connectivity index (χ4n) is 3.30. The Morgan fingerprint density at radius 3 is 2.30 bits per heavy atom. The number of hydrogen-bond donors (Lipinski definition) is 2. The van der Waals surface area contributed by atoms with Gasteiger partial charge in [0.1, 0.15) is 5.82 Å². The van der Waals surface area contributed by atoms with Gasteiger partial charge in [-0.2, -0.15) is 0 Å². The molecule has 1 aliphatic rings. The van der Waals surface area contributed by atoms with E-state index in [1.807, 2.05) is 49.5 Å². The van der Waals surface area contributed by atoms with E-state index in [-0.39, 0.29) is 29.9 Å². The first-order chi connectivity index (χ1) is 14.2. The molecule has 1 aromatic heterocycles. The highest BCUT2D eigenvalue weighted by Gasteiger charge is 2.20. The zero-order chi connectivity index (χ0) is 20.5. The third-order valence-electron chi connectivity index (χ3n) is 4.85. The SMILES string of the molecule is CCNC(=O)c1ccc(CN=C(NCC)N2CCN(c3ccccn3)CC2)cc1.I. The molecule has 0 atom stereocenters. The van der Waals surface area contributed by atoms with Crippen molar-refractivity contribution in [1.29, 1.82) is 0 Å². The lowest BCUT2D eigenvalue weighted by Gasteiger charge is -2.37. The third-order valence-corrected chi connectivity index (χ3v) is 4.85. The molecule has 7 nitrogen and oxygen atoms in total. The van der Waals surface area contributed by atoms with Crippen LogP contribution in [0, 0.1) is 0 Å². The first kappa shape index (κ1) is 23.9. The number of benzene rings is 1. The van der Waals surface area contributed by atoms with Crippen molar-refractivity contribution < 1.29 is 4.79 Å². The third kappa shape index (κ3) is 6.58. The molecule has 0 saturated carbocycles. The number of aromatic nitrogens is 1. The van der Waals surface area contributed by atoms with Gasteiger partial charge in [-0.25, -0.2) is 9.98 Å². The van der Waals surface area contributed by atoms with Crippen LogP contribution in [-0.2, 0) is 6.54 Å². The van der Waals surface area contributed by atoms with Crippen molar-refractivity contribution in [1.82, 2.24) is 20.5 Å². The maximum Gasteiger partial charge on any atom is 0.251 e. The molecule has 162 valence electrons. The van der Waals surface area contributed by atoms with E-state index in [1.54, 1.807) is 0 Å². The number of pyridine rings is 1. The number of carbonyl (C=O) groups is 1. The molecule has 0 aliphatic carbocycles. The second kappa shape index (κ2) is 12.4. The standard InChI is InChI=1S/C22H30N6O.HI/c1-3-23-21(29)19-10-8-18(9-11-19)17-26-22(24-4-2)28-15-13-27(14-16-28)20-7-5-6-12-25-20;/h5-12H,3-4,13-17H2,1-2H3,(H,23,29)(H,24,26);1H. The number of halogens is 1. The quantitative estimate of drug-likeness (QED) is 0.347. The van der Waals surface area contributed by atoms with E-state index in [0.29, 0.717) is 18.7 Å². The Morgan fingerprint density at radius 2 is 1.70 bits per heavy atom. The lowest BCUT2D eigenvalue weighted by Crippen LogP contribution is -2.52. The number of rotatable bonds is 6. The van der Waals surface area contributed by atoms with Crippen molar-refractivity contribution in [3.63, 3.8) is 0 Å². The van der Waals surface area contributed by atoms with E-state index in [0.717, 1.165) is 50.1 Å². The first-order valence-electron chi connectivity index (χ1n) is 10.3. The summed E-state index contributed by atoms with van der Waals surface area (Å²) in [6.45, 7) is 9.68. The molecular formula is C22H31IN6O. The first-order valence-corrected chi connectivity index (χ1v) is 10.3. The molecule has 8 heteroatoms. The highest BCUT2D eigenvalue weighted by atomic mass is 127. The van der Waals surface area contributed by atoms with E-state index < -0.39 is 0 Å². The van der Waals surface area contributed by atoms with Gasteiger partial charge in [0.05, 0.1) is 6.54 Å². The van der Waals surface area contributed by atoms with E-state index in [9.17, 15) is 4.79 Å². The van der Waals surface area contributed by atoms with Crippen molar-refractivity contribution in [2.24, 2.45) is 4.99 Å². The van der Waals surface area contributed by atoms with Gasteiger partial charge < -0.3 is 20.4 Å². The van der Waals surface area contributed by atoms with Gasteiger partial charge in [-0.05, 0) is 43.7 Å². The van der Waals surface area contributed by atoms with Gasteiger partial charge >= 0.3 is 0 Å². The molecule has 1 aromatic carbocycles. The number of nitrogens with zero attached hydrogens (tertiary/aromatic N) is 4. The Balaban J connectivity index is 0.00000320. The summed E-state index contributed by atoms with van der Waals surface area (Å²) in [6, 6.07) is 13.7. The van der Waals surface area contributed by atoms with Gasteiger partial charge in [-0.15, -0.1) is 24.0 Å². The molecule has 30 heavy (non-hydrogen) atoms. The molecule has 2 aromatic rings. The average molecular weight is 522 g/mol. The number of carbonyl (C=O) groups excluding carboxylic acids is 1. The van der Waals surface area contributed by atoms with Crippen molar-refractivity contribution in [2.45, 2.75) is 20.4 Å². The Bertz CT molecular complexity index is 804. The molecule has 2 N–H and O–H groups in total. The zero-order valence-electron chi connectivity index (χ0n) is 17.7. The van der Waals surface area contributed by atoms with Gasteiger partial charge in [0.15, 0.2) is 5.96 Å². The van der Waals surface area contributed by atoms with Crippen molar-refractivity contribution in [3.05, 3.63) is 59.8 Å². The lowest BCUT2D eigenvalue weighted by atomic mass is 10.1. The van der Waals surface area contributed by atoms with Crippen LogP contribution >= 0.6 is 24.0 Å². The molecule has 0 spiro atoms. The van der Waals surface area contributed by atoms with E-state index in [4.69, 9.17) is 4.99 Å². The van der Waals surface area contributed by atoms with E-state index in [1.165, 1.54) is 0 Å². The molecule has 0 bridgehead atoms. The van der Waals surface area contributed by atoms with Gasteiger partial charge in [0.2, 0.25) is 0 Å². The van der Waals surface area contributed by atoms with Gasteiger partial charge in [-0.3, -0.25) is 4.79 Å². The lowest BCUT2D eigenvalue weighted by molar-refractivity contribution is 0.0956. The molecule has 1 fully saturated rings. The summed E-state index contributed by atoms with van der Waals surface area (Å²) < 4.78 is 0. The van der Waals surface area contributed by atoms with Crippen molar-refractivity contribution in [3.8, 4) is 0 Å². The summed E-state index contributed by atoms with van der Waals surface area (Å²) in [5, 5.41) is 6.22. The van der Waals surface area contributed by atoms with Crippen LogP contribution in [0.1, 0.15) is 29.8 Å². The van der Waals surface area contributed by atoms with Crippen LogP contribution in [0.2, 0.25) is 0 Å². The van der Waals surface area contributed by atoms with Crippen LogP contribution in [0.3, 0.4) is 0 Å². The van der Waals surface area contributed by atoms with Crippen LogP contribution in [-0.4, -0.2) is 61.0 Å². The minimum Gasteiger partial charge on any atom is -0.357 e. The summed E-state index contributed by atoms with van der Waals surface area (Å²) in [5.74, 6) is 1.92. The second-order valence-electron chi connectivity index (χ2n) is 6.89. The van der Waals surface area contributed by atoms with Crippen molar-refractivity contribution >= 4 is 41.7 Å². The number of aliphatic imine (C=N–C) groups is 1. The Labute approximate surface area is 196 Å². The fraction of sp³-hybridized carbons (Fsp3) is 0.409. The molecule has 1 amide bonds. The maximum atomic E-state index is 11.9. The fourth-order valence-corrected chi connectivity index (χ4v) is 3.30. The average Bonchev–Trinajstić information content (AvgIpc) is 2.78. The van der Waals surface area contributed by atoms with Crippen LogP contribution in [0.25, 0.3) is 0 Å². The molecule has 1 aliphatic heterocycles. The number of piperazine rings is 1. The normalized spacial score (nSPS) is 14.1. The molecule has 0 unspecified atom stereocenters. The minimum atomic E-state index is -0.0401. The van der Waals surface area contributed by atoms with Gasteiger partial charge in [0.25, 0.3) is 5.91 Å². The highest BCUT2D eigenvalue weighted by molar-refractivity contribution is 14.0. The summed E-state index contributed by atoms with van der Waals surface area (Å²) in [5.41, 5.74) is 1.76. The molecule has 2 heterocycles. The highest BCUT2D eigenvalue weighted by Crippen LogP contribution is 2.13. The predicted octanol–water partition coefficient (Wildman–Crippen LogP) is 2.74. The number of anilines is 1. The van der Waals surface area contributed by atoms with Crippen molar-refractivity contribution in [2.75, 3.05) is 44.2 Å². The summed E-state index contributed by atoms with van der Waals surface area (Å²) >= 11 is 0. The zero-order valence-corrected chi connectivity index (χ0v) is 20.0. The summed E-state index contributed by atoms with van der Waals surface area (Å²) in [7, 11) is 0. The smallest absolute Gasteiger partial charge is 0.251 e. The predicted molar refractivity (Wildman–Crippen MR) is 133 cm³/mol. The number of guanidine groups is 1. The van der Waals surface area contributed by atoms with Crippen LogP contribution in [0.15, 0.2) is 53.7 Å². The number of nitrogens with one attached hydrogen (secondary N) is 2. The summed E-state index contributed by atoms with van der Waals surface area (Å²) in [4.78, 5) is 25.7. The Kier molecular flexibility index (Phi) is 9.85. The minimum absolute atomic E-state index is 0. The van der Waals surface area contributed by atoms with Gasteiger partial charge in [-0.1, -0.05) is 18.2 Å². The largest absolute Gasteiger partial charge is 0.357 e.